The summed E-state index contributed by atoms with van der Waals surface area (Å²) in [6.45, 7) is 2.30. The van der Waals surface area contributed by atoms with Crippen LogP contribution in [0.5, 0.6) is 0 Å². The summed E-state index contributed by atoms with van der Waals surface area (Å²) in [5.74, 6) is 0.489. The van der Waals surface area contributed by atoms with Crippen LogP contribution in [0.4, 0.5) is 11.6 Å². The van der Waals surface area contributed by atoms with Crippen LogP contribution in [0.15, 0.2) is 12.4 Å². The van der Waals surface area contributed by atoms with Crippen molar-refractivity contribution in [3.05, 3.63) is 22.5 Å². The van der Waals surface area contributed by atoms with Crippen molar-refractivity contribution in [1.82, 2.24) is 14.9 Å². The van der Waals surface area contributed by atoms with Crippen molar-refractivity contribution >= 4 is 11.6 Å². The van der Waals surface area contributed by atoms with Gasteiger partial charge in [-0.05, 0) is 25.8 Å². The lowest BCUT2D eigenvalue weighted by molar-refractivity contribution is -0.385. The van der Waals surface area contributed by atoms with Gasteiger partial charge in [0, 0.05) is 18.6 Å². The number of fused-ring (bicyclic) bond motifs is 1. The van der Waals surface area contributed by atoms with Crippen molar-refractivity contribution in [3.8, 4) is 0 Å². The minimum absolute atomic E-state index is 0.0729. The van der Waals surface area contributed by atoms with E-state index in [1.54, 1.807) is 0 Å². The zero-order valence-corrected chi connectivity index (χ0v) is 10.7. The summed E-state index contributed by atoms with van der Waals surface area (Å²) in [6, 6.07) is 0.925. The summed E-state index contributed by atoms with van der Waals surface area (Å²) in [4.78, 5) is 20.6. The van der Waals surface area contributed by atoms with Crippen molar-refractivity contribution in [3.63, 3.8) is 0 Å². The Morgan fingerprint density at radius 2 is 2.05 bits per heavy atom. The molecular weight excluding hydrogens is 246 g/mol. The van der Waals surface area contributed by atoms with Gasteiger partial charge in [0.2, 0.25) is 5.95 Å². The first-order valence-electron chi connectivity index (χ1n) is 6.71. The molecule has 3 rings (SSSR count). The number of hydrogen-bond donors (Lipinski definition) is 1. The van der Waals surface area contributed by atoms with Gasteiger partial charge in [0.15, 0.2) is 0 Å². The van der Waals surface area contributed by atoms with Crippen molar-refractivity contribution < 1.29 is 4.92 Å². The molecule has 1 aromatic heterocycles. The Labute approximate surface area is 111 Å². The maximum Gasteiger partial charge on any atom is 0.305 e. The molecule has 0 radical (unpaired) electrons. The molecule has 7 heteroatoms. The standard InChI is InChI=1S/C12H17N5O2/c18-17(19)9-7-13-12(14-8-9)15-10-4-6-16-5-2-1-3-11(10)16/h7-8,10-11H,1-6H2,(H,13,14,15). The number of nitrogens with zero attached hydrogens (tertiary/aromatic N) is 4. The lowest BCUT2D eigenvalue weighted by Gasteiger charge is -2.32. The number of nitro groups is 1. The van der Waals surface area contributed by atoms with Crippen molar-refractivity contribution in [2.45, 2.75) is 37.8 Å². The second kappa shape index (κ2) is 5.08. The molecule has 2 aliphatic heterocycles. The first-order valence-corrected chi connectivity index (χ1v) is 6.71. The summed E-state index contributed by atoms with van der Waals surface area (Å²) >= 11 is 0. The van der Waals surface area contributed by atoms with Crippen molar-refractivity contribution in [1.29, 1.82) is 0 Å². The van der Waals surface area contributed by atoms with Gasteiger partial charge in [0.25, 0.3) is 0 Å². The third-order valence-corrected chi connectivity index (χ3v) is 4.02. The van der Waals surface area contributed by atoms with Crippen molar-refractivity contribution in [2.24, 2.45) is 0 Å². The molecule has 2 aliphatic rings. The smallest absolute Gasteiger partial charge is 0.305 e. The molecule has 2 atom stereocenters. The minimum atomic E-state index is -0.484. The molecule has 0 spiro atoms. The van der Waals surface area contributed by atoms with Crippen LogP contribution in [-0.2, 0) is 0 Å². The van der Waals surface area contributed by atoms with Gasteiger partial charge < -0.3 is 5.32 Å². The SMILES string of the molecule is O=[N+]([O-])c1cnc(NC2CCN3CCCCC23)nc1. The predicted octanol–water partition coefficient (Wildman–Crippen LogP) is 1.42. The fourth-order valence-corrected chi connectivity index (χ4v) is 3.07. The number of aromatic nitrogens is 2. The van der Waals surface area contributed by atoms with E-state index in [0.717, 1.165) is 13.0 Å². The molecule has 0 amide bonds. The molecule has 2 saturated heterocycles. The Morgan fingerprint density at radius 1 is 1.26 bits per heavy atom. The highest BCUT2D eigenvalue weighted by Gasteiger charge is 2.35. The molecule has 0 aromatic carbocycles. The van der Waals surface area contributed by atoms with Crippen LogP contribution in [0, 0.1) is 10.1 Å². The van der Waals surface area contributed by atoms with Gasteiger partial charge in [-0.15, -0.1) is 0 Å². The first kappa shape index (κ1) is 12.3. The minimum Gasteiger partial charge on any atom is -0.350 e. The summed E-state index contributed by atoms with van der Waals surface area (Å²) < 4.78 is 0. The van der Waals surface area contributed by atoms with Gasteiger partial charge in [-0.25, -0.2) is 9.97 Å². The third-order valence-electron chi connectivity index (χ3n) is 4.02. The van der Waals surface area contributed by atoms with E-state index in [2.05, 4.69) is 20.2 Å². The Kier molecular flexibility index (Phi) is 3.29. The molecule has 0 saturated carbocycles. The van der Waals surface area contributed by atoms with Gasteiger partial charge in [-0.2, -0.15) is 0 Å². The summed E-state index contributed by atoms with van der Waals surface area (Å²) in [5.41, 5.74) is -0.0729. The fraction of sp³-hybridized carbons (Fsp3) is 0.667. The Morgan fingerprint density at radius 3 is 2.79 bits per heavy atom. The molecule has 19 heavy (non-hydrogen) atoms. The highest BCUT2D eigenvalue weighted by Crippen LogP contribution is 2.28. The van der Waals surface area contributed by atoms with Crippen LogP contribution in [0.1, 0.15) is 25.7 Å². The maximum absolute atomic E-state index is 10.5. The molecule has 102 valence electrons. The summed E-state index contributed by atoms with van der Waals surface area (Å²) in [6.07, 6.45) is 7.37. The van der Waals surface area contributed by atoms with Crippen LogP contribution in [-0.4, -0.2) is 45.0 Å². The summed E-state index contributed by atoms with van der Waals surface area (Å²) in [7, 11) is 0. The lowest BCUT2D eigenvalue weighted by atomic mass is 9.99. The van der Waals surface area contributed by atoms with E-state index < -0.39 is 4.92 Å². The van der Waals surface area contributed by atoms with E-state index in [9.17, 15) is 10.1 Å². The Bertz CT molecular complexity index is 464. The lowest BCUT2D eigenvalue weighted by Crippen LogP contribution is -2.41. The largest absolute Gasteiger partial charge is 0.350 e. The number of piperidine rings is 1. The van der Waals surface area contributed by atoms with E-state index in [4.69, 9.17) is 0 Å². The third kappa shape index (κ3) is 2.51. The van der Waals surface area contributed by atoms with Crippen LogP contribution in [0.3, 0.4) is 0 Å². The number of hydrogen-bond acceptors (Lipinski definition) is 6. The van der Waals surface area contributed by atoms with E-state index in [1.807, 2.05) is 0 Å². The molecule has 0 bridgehead atoms. The molecule has 1 N–H and O–H groups in total. The maximum atomic E-state index is 10.5. The van der Waals surface area contributed by atoms with E-state index in [0.29, 0.717) is 18.0 Å². The van der Waals surface area contributed by atoms with E-state index in [-0.39, 0.29) is 5.69 Å². The average molecular weight is 263 g/mol. The number of rotatable bonds is 3. The zero-order valence-electron chi connectivity index (χ0n) is 10.7. The van der Waals surface area contributed by atoms with E-state index in [1.165, 1.54) is 38.2 Å². The normalized spacial score (nSPS) is 26.9. The Hall–Kier alpha value is -1.76. The fourth-order valence-electron chi connectivity index (χ4n) is 3.07. The molecule has 1 aromatic rings. The summed E-state index contributed by atoms with van der Waals surface area (Å²) in [5, 5.41) is 13.9. The zero-order chi connectivity index (χ0) is 13.2. The van der Waals surface area contributed by atoms with Gasteiger partial charge in [0.1, 0.15) is 12.4 Å². The topological polar surface area (TPSA) is 84.2 Å². The quantitative estimate of drug-likeness (QED) is 0.656. The van der Waals surface area contributed by atoms with Gasteiger partial charge in [-0.3, -0.25) is 15.0 Å². The van der Waals surface area contributed by atoms with Gasteiger partial charge in [0.05, 0.1) is 4.92 Å². The van der Waals surface area contributed by atoms with Crippen LogP contribution in [0.25, 0.3) is 0 Å². The number of nitrogens with one attached hydrogen (secondary N) is 1. The average Bonchev–Trinajstić information content (AvgIpc) is 2.83. The first-order chi connectivity index (χ1) is 9.24. The van der Waals surface area contributed by atoms with Crippen LogP contribution in [0.2, 0.25) is 0 Å². The van der Waals surface area contributed by atoms with Gasteiger partial charge >= 0.3 is 5.69 Å². The molecule has 2 unspecified atom stereocenters. The molecule has 0 aliphatic carbocycles. The van der Waals surface area contributed by atoms with Gasteiger partial charge in [-0.1, -0.05) is 6.42 Å². The Balaban J connectivity index is 1.66. The number of anilines is 1. The van der Waals surface area contributed by atoms with Crippen molar-refractivity contribution in [2.75, 3.05) is 18.4 Å². The second-order valence-electron chi connectivity index (χ2n) is 5.16. The molecule has 2 fully saturated rings. The predicted molar refractivity (Wildman–Crippen MR) is 69.9 cm³/mol. The van der Waals surface area contributed by atoms with Crippen LogP contribution >= 0.6 is 0 Å². The molecule has 7 nitrogen and oxygen atoms in total. The van der Waals surface area contributed by atoms with Crippen LogP contribution < -0.4 is 5.32 Å². The van der Waals surface area contributed by atoms with E-state index >= 15 is 0 Å². The highest BCUT2D eigenvalue weighted by atomic mass is 16.6. The monoisotopic (exact) mass is 263 g/mol. The highest BCUT2D eigenvalue weighted by molar-refractivity contribution is 5.32. The molecule has 3 heterocycles. The second-order valence-corrected chi connectivity index (χ2v) is 5.16. The molecular formula is C12H17N5O2.